The molecule has 39 heavy (non-hydrogen) atoms. The van der Waals surface area contributed by atoms with Crippen LogP contribution >= 0.6 is 11.3 Å². The number of hydrogen-bond donors (Lipinski definition) is 2. The number of benzene rings is 1. The van der Waals surface area contributed by atoms with Crippen LogP contribution in [0.1, 0.15) is 58.6 Å². The lowest BCUT2D eigenvalue weighted by Crippen LogP contribution is -2.55. The first-order valence-electron chi connectivity index (χ1n) is 13.0. The molecule has 0 bridgehead atoms. The van der Waals surface area contributed by atoms with Crippen molar-refractivity contribution < 1.29 is 19.1 Å². The van der Waals surface area contributed by atoms with E-state index >= 15 is 0 Å². The molecule has 2 atom stereocenters. The molecule has 3 amide bonds. The lowest BCUT2D eigenvalue weighted by Gasteiger charge is -2.47. The van der Waals surface area contributed by atoms with Crippen LogP contribution in [-0.2, 0) is 19.9 Å². The normalized spacial score (nSPS) is 19.3. The number of thiazole rings is 1. The summed E-state index contributed by atoms with van der Waals surface area (Å²) in [4.78, 5) is 49.1. The lowest BCUT2D eigenvalue weighted by atomic mass is 9.78. The van der Waals surface area contributed by atoms with Gasteiger partial charge in [0.2, 0.25) is 0 Å². The second-order valence-corrected chi connectivity index (χ2v) is 12.1. The van der Waals surface area contributed by atoms with Crippen LogP contribution in [0, 0.1) is 12.8 Å². The van der Waals surface area contributed by atoms with Gasteiger partial charge in [-0.3, -0.25) is 14.9 Å². The first kappa shape index (κ1) is 28.2. The predicted molar refractivity (Wildman–Crippen MR) is 152 cm³/mol. The molecule has 3 aromatic rings. The minimum Gasteiger partial charge on any atom is -0.444 e. The number of nitrogens with zero attached hydrogens (tertiary/aromatic N) is 3. The van der Waals surface area contributed by atoms with Crippen molar-refractivity contribution in [1.82, 2.24) is 14.9 Å². The first-order valence-corrected chi connectivity index (χ1v) is 13.8. The van der Waals surface area contributed by atoms with Crippen molar-refractivity contribution in [2.24, 2.45) is 5.92 Å². The second kappa shape index (κ2) is 11.1. The van der Waals surface area contributed by atoms with E-state index in [9.17, 15) is 14.4 Å². The summed E-state index contributed by atoms with van der Waals surface area (Å²) in [5.74, 6) is -0.746. The Labute approximate surface area is 233 Å². The Morgan fingerprint density at radius 3 is 2.46 bits per heavy atom. The van der Waals surface area contributed by atoms with Crippen LogP contribution in [0.25, 0.3) is 10.6 Å². The number of anilines is 2. The molecular formula is C29H35N5O4S. The van der Waals surface area contributed by atoms with Gasteiger partial charge < -0.3 is 15.0 Å². The number of carbonyl (C=O) groups excluding carboxylic acids is 3. The number of amides is 3. The molecule has 2 aromatic heterocycles. The number of hydrogen-bond acceptors (Lipinski definition) is 7. The molecule has 1 aliphatic rings. The molecule has 1 aromatic carbocycles. The maximum Gasteiger partial charge on any atom is 0.413 e. The molecule has 1 fully saturated rings. The van der Waals surface area contributed by atoms with Gasteiger partial charge in [-0.25, -0.2) is 14.8 Å². The van der Waals surface area contributed by atoms with Crippen LogP contribution in [0.2, 0.25) is 0 Å². The van der Waals surface area contributed by atoms with Gasteiger partial charge in [-0.05, 0) is 70.6 Å². The SMILES string of the molecule is Cc1cc(NC(=O)C(=O)N2C[C@@H](C)CC[C@@]2(C)c2ccc(-c3nccs3)cc2)cnc1NC(=O)OC(C)(C)C. The maximum absolute atomic E-state index is 13.5. The van der Waals surface area contributed by atoms with Crippen molar-refractivity contribution in [2.75, 3.05) is 17.2 Å². The summed E-state index contributed by atoms with van der Waals surface area (Å²) in [6.45, 7) is 11.7. The molecule has 1 aliphatic heterocycles. The molecule has 3 heterocycles. The van der Waals surface area contributed by atoms with E-state index in [1.807, 2.05) is 36.6 Å². The third kappa shape index (κ3) is 6.62. The van der Waals surface area contributed by atoms with Gasteiger partial charge in [0.25, 0.3) is 0 Å². The zero-order valence-corrected chi connectivity index (χ0v) is 24.0. The molecule has 206 valence electrons. The van der Waals surface area contributed by atoms with Crippen molar-refractivity contribution in [3.8, 4) is 10.6 Å². The van der Waals surface area contributed by atoms with Gasteiger partial charge in [0.05, 0.1) is 17.4 Å². The maximum atomic E-state index is 13.5. The fourth-order valence-corrected chi connectivity index (χ4v) is 5.34. The Morgan fingerprint density at radius 1 is 1.13 bits per heavy atom. The summed E-state index contributed by atoms with van der Waals surface area (Å²) in [5.41, 5.74) is 1.70. The monoisotopic (exact) mass is 549 g/mol. The van der Waals surface area contributed by atoms with Gasteiger partial charge in [0.1, 0.15) is 16.4 Å². The Balaban J connectivity index is 1.49. The molecular weight excluding hydrogens is 514 g/mol. The number of carbonyl (C=O) groups is 3. The van der Waals surface area contributed by atoms with Crippen LogP contribution in [0.5, 0.6) is 0 Å². The summed E-state index contributed by atoms with van der Waals surface area (Å²) in [6, 6.07) is 9.73. The van der Waals surface area contributed by atoms with Crippen LogP contribution in [-0.4, -0.2) is 44.9 Å². The Morgan fingerprint density at radius 2 is 1.85 bits per heavy atom. The number of pyridine rings is 1. The minimum atomic E-state index is -0.733. The topological polar surface area (TPSA) is 114 Å². The summed E-state index contributed by atoms with van der Waals surface area (Å²) < 4.78 is 5.27. The van der Waals surface area contributed by atoms with Crippen LogP contribution in [0.15, 0.2) is 48.1 Å². The zero-order chi connectivity index (χ0) is 28.4. The number of aromatic nitrogens is 2. The number of piperidine rings is 1. The van der Waals surface area contributed by atoms with Gasteiger partial charge in [0.15, 0.2) is 0 Å². The van der Waals surface area contributed by atoms with Crippen molar-refractivity contribution in [2.45, 2.75) is 65.5 Å². The number of rotatable bonds is 4. The van der Waals surface area contributed by atoms with Gasteiger partial charge in [0, 0.05) is 23.7 Å². The molecule has 9 nitrogen and oxygen atoms in total. The smallest absolute Gasteiger partial charge is 0.413 e. The summed E-state index contributed by atoms with van der Waals surface area (Å²) in [6.07, 6.45) is 4.25. The summed E-state index contributed by atoms with van der Waals surface area (Å²) in [5, 5.41) is 8.17. The molecule has 0 radical (unpaired) electrons. The van der Waals surface area contributed by atoms with Gasteiger partial charge >= 0.3 is 17.9 Å². The molecule has 0 spiro atoms. The average molecular weight is 550 g/mol. The highest BCUT2D eigenvalue weighted by Gasteiger charge is 2.43. The van der Waals surface area contributed by atoms with Crippen molar-refractivity contribution in [3.63, 3.8) is 0 Å². The van der Waals surface area contributed by atoms with E-state index in [1.165, 1.54) is 6.20 Å². The van der Waals surface area contributed by atoms with Crippen LogP contribution in [0.4, 0.5) is 16.3 Å². The molecule has 2 N–H and O–H groups in total. The summed E-state index contributed by atoms with van der Waals surface area (Å²) >= 11 is 1.57. The Bertz CT molecular complexity index is 1350. The molecule has 0 aliphatic carbocycles. The van der Waals surface area contributed by atoms with E-state index in [1.54, 1.807) is 56.2 Å². The van der Waals surface area contributed by atoms with Crippen molar-refractivity contribution in [3.05, 3.63) is 59.2 Å². The third-order valence-corrected chi connectivity index (χ3v) is 7.62. The number of aryl methyl sites for hydroxylation is 1. The van der Waals surface area contributed by atoms with E-state index < -0.39 is 29.0 Å². The highest BCUT2D eigenvalue weighted by atomic mass is 32.1. The predicted octanol–water partition coefficient (Wildman–Crippen LogP) is 5.97. The molecule has 1 saturated heterocycles. The largest absolute Gasteiger partial charge is 0.444 e. The zero-order valence-electron chi connectivity index (χ0n) is 23.2. The van der Waals surface area contributed by atoms with E-state index in [0.29, 0.717) is 23.6 Å². The van der Waals surface area contributed by atoms with Gasteiger partial charge in [-0.2, -0.15) is 0 Å². The van der Waals surface area contributed by atoms with Crippen molar-refractivity contribution >= 4 is 40.7 Å². The minimum absolute atomic E-state index is 0.270. The van der Waals surface area contributed by atoms with E-state index in [0.717, 1.165) is 29.0 Å². The lowest BCUT2D eigenvalue weighted by molar-refractivity contribution is -0.150. The van der Waals surface area contributed by atoms with Crippen LogP contribution in [0.3, 0.4) is 0 Å². The number of nitrogens with one attached hydrogen (secondary N) is 2. The Hall–Kier alpha value is -3.79. The quantitative estimate of drug-likeness (QED) is 0.388. The fraction of sp³-hybridized carbons (Fsp3) is 0.414. The third-order valence-electron chi connectivity index (χ3n) is 6.79. The van der Waals surface area contributed by atoms with Crippen molar-refractivity contribution in [1.29, 1.82) is 0 Å². The number of likely N-dealkylation sites (tertiary alicyclic amines) is 1. The highest BCUT2D eigenvalue weighted by molar-refractivity contribution is 7.13. The molecule has 4 rings (SSSR count). The molecule has 10 heteroatoms. The molecule has 0 unspecified atom stereocenters. The Kier molecular flexibility index (Phi) is 8.06. The average Bonchev–Trinajstić information content (AvgIpc) is 3.41. The van der Waals surface area contributed by atoms with E-state index in [4.69, 9.17) is 4.74 Å². The summed E-state index contributed by atoms with van der Waals surface area (Å²) in [7, 11) is 0. The fourth-order valence-electron chi connectivity index (χ4n) is 4.69. The highest BCUT2D eigenvalue weighted by Crippen LogP contribution is 2.40. The van der Waals surface area contributed by atoms with Crippen LogP contribution < -0.4 is 10.6 Å². The van der Waals surface area contributed by atoms with E-state index in [2.05, 4.69) is 27.5 Å². The first-order chi connectivity index (χ1) is 18.4. The van der Waals surface area contributed by atoms with E-state index in [-0.39, 0.29) is 5.92 Å². The number of ether oxygens (including phenoxy) is 1. The molecule has 0 saturated carbocycles. The van der Waals surface area contributed by atoms with Gasteiger partial charge in [-0.15, -0.1) is 11.3 Å². The van der Waals surface area contributed by atoms with Gasteiger partial charge in [-0.1, -0.05) is 31.2 Å². The standard InChI is InChI=1S/C29H35N5O4S/c1-18-11-12-29(6,21-9-7-20(8-10-21)25-30-13-14-39-25)34(17-18)26(36)24(35)32-22-15-19(2)23(31-16-22)33-27(37)38-28(3,4)5/h7-10,13-16,18H,11-12,17H2,1-6H3,(H,32,35)(H,31,33,37)/t18-,29-/m0/s1. The second-order valence-electron chi connectivity index (χ2n) is 11.2.